The van der Waals surface area contributed by atoms with Crippen molar-refractivity contribution in [3.8, 4) is 0 Å². The van der Waals surface area contributed by atoms with Crippen LogP contribution >= 0.6 is 7.95 Å². The number of Topliss-reactive ketones (excluding diaryl/α,β-unsaturated/α-hetero) is 3. The van der Waals surface area contributed by atoms with Crippen LogP contribution in [-0.4, -0.2) is 133 Å². The molecule has 3 saturated heterocycles. The zero-order chi connectivity index (χ0) is 49.3. The summed E-state index contributed by atoms with van der Waals surface area (Å²) in [4.78, 5) is 72.5. The average molecular weight is 958 g/mol. The Kier molecular flexibility index (Phi) is 20.0. The number of hydrogen-bond acceptors (Lipinski definition) is 13. The number of esters is 1. The number of fused-ring (bicyclic) bond motifs is 4. The molecule has 4 heterocycles. The second-order valence-electron chi connectivity index (χ2n) is 20.2. The highest BCUT2D eigenvalue weighted by Crippen LogP contribution is 2.45. The molecule has 4 bridgehead atoms. The SMILES string of the molecule is COC1CC2CCC(C)C(O)(O2)C(=O)C(=O)N2CCCC3C(CC4CCC(N[P+](C)=O)C(OC)C4)C(CC(=O)C(C)C=C(C)C(O)C(OC)C(=O)C(C)CC(C)C=CC=CC=C1C)OC(=O)C32. The Morgan fingerprint density at radius 1 is 0.896 bits per heavy atom. The lowest BCUT2D eigenvalue weighted by Gasteiger charge is -2.50. The third-order valence-corrected chi connectivity index (χ3v) is 16.0. The van der Waals surface area contributed by atoms with Crippen molar-refractivity contribution in [3.05, 3.63) is 47.6 Å². The number of carbonyl (C=O) groups excluding carboxylic acids is 5. The second kappa shape index (κ2) is 24.5. The number of ketones is 3. The molecule has 0 radical (unpaired) electrons. The third-order valence-electron chi connectivity index (χ3n) is 15.3. The molecule has 5 aliphatic rings. The molecule has 1 aliphatic carbocycles. The number of aliphatic hydroxyl groups is 2. The molecule has 3 N–H and O–H groups in total. The fourth-order valence-electron chi connectivity index (χ4n) is 11.3. The van der Waals surface area contributed by atoms with Crippen molar-refractivity contribution in [1.29, 1.82) is 0 Å². The minimum Gasteiger partial charge on any atom is -0.460 e. The van der Waals surface area contributed by atoms with Gasteiger partial charge in [0, 0.05) is 64.4 Å². The number of nitrogens with one attached hydrogen (secondary N) is 1. The lowest BCUT2D eigenvalue weighted by Crippen LogP contribution is -2.65. The van der Waals surface area contributed by atoms with Crippen LogP contribution in [0.2, 0.25) is 0 Å². The number of hydrogen-bond donors (Lipinski definition) is 3. The Morgan fingerprint density at radius 2 is 1.63 bits per heavy atom. The van der Waals surface area contributed by atoms with E-state index >= 15 is 0 Å². The van der Waals surface area contributed by atoms with Crippen molar-refractivity contribution in [1.82, 2.24) is 9.99 Å². The predicted molar refractivity (Wildman–Crippen MR) is 253 cm³/mol. The number of ether oxygens (including phenoxy) is 5. The smallest absolute Gasteiger partial charge is 0.429 e. The van der Waals surface area contributed by atoms with Gasteiger partial charge in [-0.15, -0.1) is 5.09 Å². The first-order chi connectivity index (χ1) is 31.7. The summed E-state index contributed by atoms with van der Waals surface area (Å²) < 4.78 is 41.9. The van der Waals surface area contributed by atoms with E-state index in [-0.39, 0.29) is 48.5 Å². The predicted octanol–water partition coefficient (Wildman–Crippen LogP) is 6.37. The molecule has 4 fully saturated rings. The molecule has 374 valence electrons. The van der Waals surface area contributed by atoms with Crippen LogP contribution in [0.5, 0.6) is 0 Å². The van der Waals surface area contributed by atoms with E-state index in [1.807, 2.05) is 51.2 Å². The normalized spacial score (nSPS) is 39.5. The van der Waals surface area contributed by atoms with Crippen LogP contribution < -0.4 is 5.09 Å². The van der Waals surface area contributed by atoms with Crippen LogP contribution in [-0.2, 0) is 52.2 Å². The van der Waals surface area contributed by atoms with Crippen molar-refractivity contribution in [2.24, 2.45) is 41.4 Å². The molecular weight excluding hydrogens is 880 g/mol. The number of methoxy groups -OCH3 is 3. The maximum Gasteiger partial charge on any atom is 0.429 e. The molecule has 0 aromatic heterocycles. The summed E-state index contributed by atoms with van der Waals surface area (Å²) in [5, 5.41) is 26.7. The van der Waals surface area contributed by atoms with Crippen molar-refractivity contribution in [2.45, 2.75) is 167 Å². The van der Waals surface area contributed by atoms with Crippen molar-refractivity contribution >= 4 is 37.2 Å². The molecular formula is C51H78N2O13P+. The van der Waals surface area contributed by atoms with Gasteiger partial charge < -0.3 is 38.8 Å². The van der Waals surface area contributed by atoms with E-state index < -0.39 is 97.5 Å². The number of allylic oxidation sites excluding steroid dienone is 6. The monoisotopic (exact) mass is 958 g/mol. The lowest BCUT2D eigenvalue weighted by atomic mass is 9.67. The van der Waals surface area contributed by atoms with Crippen molar-refractivity contribution < 1.29 is 62.4 Å². The number of amides is 1. The van der Waals surface area contributed by atoms with Crippen LogP contribution in [0.4, 0.5) is 0 Å². The van der Waals surface area contributed by atoms with Gasteiger partial charge in [-0.1, -0.05) is 68.7 Å². The highest BCUT2D eigenvalue weighted by molar-refractivity contribution is 7.41. The lowest BCUT2D eigenvalue weighted by molar-refractivity contribution is -0.266. The van der Waals surface area contributed by atoms with Gasteiger partial charge in [0.2, 0.25) is 5.79 Å². The van der Waals surface area contributed by atoms with Crippen molar-refractivity contribution in [3.63, 3.8) is 0 Å². The maximum absolute atomic E-state index is 14.5. The van der Waals surface area contributed by atoms with Crippen LogP contribution in [0.1, 0.15) is 112 Å². The summed E-state index contributed by atoms with van der Waals surface area (Å²) in [5.74, 6) is -8.45. The number of nitrogens with zero attached hydrogens (tertiary/aromatic N) is 1. The summed E-state index contributed by atoms with van der Waals surface area (Å²) in [6, 6.07) is -1.24. The van der Waals surface area contributed by atoms with Gasteiger partial charge in [-0.2, -0.15) is 0 Å². The van der Waals surface area contributed by atoms with Crippen molar-refractivity contribution in [2.75, 3.05) is 34.5 Å². The van der Waals surface area contributed by atoms with Crippen LogP contribution in [0.15, 0.2) is 47.6 Å². The molecule has 1 amide bonds. The minimum atomic E-state index is -2.44. The summed E-state index contributed by atoms with van der Waals surface area (Å²) in [6.07, 6.45) is 11.9. The number of piperidine rings is 1. The van der Waals surface area contributed by atoms with Gasteiger partial charge >= 0.3 is 13.9 Å². The van der Waals surface area contributed by atoms with Gasteiger partial charge in [0.05, 0.1) is 24.4 Å². The van der Waals surface area contributed by atoms with Crippen LogP contribution in [0.25, 0.3) is 0 Å². The van der Waals surface area contributed by atoms with Gasteiger partial charge in [-0.05, 0) is 101 Å². The van der Waals surface area contributed by atoms with Gasteiger partial charge in [0.25, 0.3) is 11.7 Å². The highest BCUT2D eigenvalue weighted by Gasteiger charge is 2.57. The van der Waals surface area contributed by atoms with Crippen LogP contribution in [0, 0.1) is 41.4 Å². The van der Waals surface area contributed by atoms with Gasteiger partial charge in [0.1, 0.15) is 30.1 Å². The average Bonchev–Trinajstić information content (AvgIpc) is 3.29. The maximum atomic E-state index is 14.5. The van der Waals surface area contributed by atoms with E-state index in [4.69, 9.17) is 23.7 Å². The molecule has 0 spiro atoms. The molecule has 15 nitrogen and oxygen atoms in total. The molecule has 0 aromatic carbocycles. The number of aliphatic hydroxyl groups excluding tert-OH is 1. The Balaban J connectivity index is 1.51. The third kappa shape index (κ3) is 13.3. The zero-order valence-electron chi connectivity index (χ0n) is 41.4. The summed E-state index contributed by atoms with van der Waals surface area (Å²) in [6.45, 7) is 12.5. The number of carbonyl (C=O) groups is 5. The van der Waals surface area contributed by atoms with E-state index in [2.05, 4.69) is 5.09 Å². The molecule has 17 atom stereocenters. The van der Waals surface area contributed by atoms with E-state index in [1.54, 1.807) is 47.7 Å². The van der Waals surface area contributed by atoms with Gasteiger partial charge in [-0.3, -0.25) is 19.2 Å². The van der Waals surface area contributed by atoms with E-state index in [1.165, 1.54) is 12.0 Å². The fourth-order valence-corrected chi connectivity index (χ4v) is 12.1. The first-order valence-corrected chi connectivity index (χ1v) is 26.1. The molecule has 4 aliphatic heterocycles. The Labute approximate surface area is 398 Å². The Morgan fingerprint density at radius 3 is 2.30 bits per heavy atom. The highest BCUT2D eigenvalue weighted by atomic mass is 31.1. The Hall–Kier alpha value is -3.27. The van der Waals surface area contributed by atoms with Gasteiger partial charge in [-0.25, -0.2) is 4.79 Å². The first kappa shape index (κ1) is 54.7. The van der Waals surface area contributed by atoms with Crippen LogP contribution in [0.3, 0.4) is 0 Å². The summed E-state index contributed by atoms with van der Waals surface area (Å²) in [7, 11) is 2.98. The minimum absolute atomic E-state index is 0.0191. The van der Waals surface area contributed by atoms with Gasteiger partial charge in [0.15, 0.2) is 12.4 Å². The molecule has 67 heavy (non-hydrogen) atoms. The summed E-state index contributed by atoms with van der Waals surface area (Å²) in [5.41, 5.74) is 1.27. The quantitative estimate of drug-likeness (QED) is 0.110. The number of rotatable bonds is 7. The fraction of sp³-hybridized carbons (Fsp3) is 0.745. The molecule has 1 saturated carbocycles. The van der Waals surface area contributed by atoms with E-state index in [0.717, 1.165) is 12.0 Å². The zero-order valence-corrected chi connectivity index (χ0v) is 42.3. The molecule has 16 heteroatoms. The molecule has 17 unspecified atom stereocenters. The topological polar surface area (TPSA) is 204 Å². The summed E-state index contributed by atoms with van der Waals surface area (Å²) >= 11 is 0. The second-order valence-corrected chi connectivity index (χ2v) is 21.4. The van der Waals surface area contributed by atoms with E-state index in [9.17, 15) is 38.8 Å². The molecule has 5 rings (SSSR count). The first-order valence-electron chi connectivity index (χ1n) is 24.4. The Bertz CT molecular complexity index is 1920. The largest absolute Gasteiger partial charge is 0.460 e. The molecule has 0 aromatic rings. The van der Waals surface area contributed by atoms with E-state index in [0.29, 0.717) is 63.4 Å². The standard InChI is InChI=1S/C51H78N2O13P/c1-29-15-12-11-13-16-30(2)41(62-7)27-36-20-18-34(6)51(60,66-36)48(57)49(58)53-22-14-17-37-38(25-35-19-21-39(52-67(10)61)43(26-35)63-8)42(65-50(59)44(37)53)28-40(54)31(3)24-33(5)46(56)47(64-9)45(55)32(4)23-29/h11-13,15-16,24,29,31-32,34-39,41-44,46-47,56,60H,14,17-23,25-28H2,1-10H3,(H,52,61)/q+1.